The van der Waals surface area contributed by atoms with E-state index >= 15 is 0 Å². The first-order valence-corrected chi connectivity index (χ1v) is 5.57. The first kappa shape index (κ1) is 11.5. The largest absolute Gasteiger partial charge is 0.363 e. The van der Waals surface area contributed by atoms with Gasteiger partial charge < -0.3 is 14.6 Å². The molecule has 0 unspecified atom stereocenters. The highest BCUT2D eigenvalue weighted by Gasteiger charge is 2.33. The van der Waals surface area contributed by atoms with Gasteiger partial charge in [-0.25, -0.2) is 0 Å². The van der Waals surface area contributed by atoms with E-state index in [1.807, 2.05) is 0 Å². The van der Waals surface area contributed by atoms with Gasteiger partial charge in [0.25, 0.3) is 5.89 Å². The highest BCUT2D eigenvalue weighted by molar-refractivity contribution is 4.99. The van der Waals surface area contributed by atoms with Crippen molar-refractivity contribution in [2.75, 3.05) is 13.1 Å². The molecule has 5 nitrogen and oxygen atoms in total. The molecular weight excluding hydrogens is 206 g/mol. The highest BCUT2D eigenvalue weighted by atomic mass is 16.5. The summed E-state index contributed by atoms with van der Waals surface area (Å²) in [6.07, 6.45) is 0. The van der Waals surface area contributed by atoms with Gasteiger partial charge in [0.05, 0.1) is 5.60 Å². The lowest BCUT2D eigenvalue weighted by Gasteiger charge is -2.38. The summed E-state index contributed by atoms with van der Waals surface area (Å²) >= 11 is 0. The van der Waals surface area contributed by atoms with Crippen LogP contribution in [0.2, 0.25) is 0 Å². The summed E-state index contributed by atoms with van der Waals surface area (Å²) in [5.74, 6) is 1.28. The molecule has 1 fully saturated rings. The second-order valence-corrected chi connectivity index (χ2v) is 5.60. The summed E-state index contributed by atoms with van der Waals surface area (Å²) in [6.45, 7) is 10.4. The molecular formula is C11H19N3O2. The minimum atomic E-state index is -0.0797. The third kappa shape index (κ3) is 2.41. The molecule has 1 aliphatic rings. The average molecular weight is 225 g/mol. The normalized spacial score (nSPS) is 19.5. The molecule has 90 valence electrons. The van der Waals surface area contributed by atoms with Crippen LogP contribution in [0.25, 0.3) is 0 Å². The summed E-state index contributed by atoms with van der Waals surface area (Å²) in [5, 5.41) is 7.13. The van der Waals surface area contributed by atoms with Gasteiger partial charge in [-0.05, 0) is 6.92 Å². The molecule has 0 radical (unpaired) electrons. The van der Waals surface area contributed by atoms with Crippen molar-refractivity contribution in [3.05, 3.63) is 11.7 Å². The van der Waals surface area contributed by atoms with E-state index < -0.39 is 0 Å². The molecule has 0 aliphatic carbocycles. The Hall–Kier alpha value is -0.940. The Morgan fingerprint density at radius 1 is 1.44 bits per heavy atom. The quantitative estimate of drug-likeness (QED) is 0.838. The molecule has 16 heavy (non-hydrogen) atoms. The fraction of sp³-hybridized carbons (Fsp3) is 0.818. The summed E-state index contributed by atoms with van der Waals surface area (Å²) in [4.78, 5) is 4.32. The van der Waals surface area contributed by atoms with Crippen LogP contribution in [0.5, 0.6) is 0 Å². The second kappa shape index (κ2) is 3.82. The third-order valence-corrected chi connectivity index (χ3v) is 2.68. The number of aromatic nitrogens is 2. The Morgan fingerprint density at radius 3 is 2.56 bits per heavy atom. The zero-order valence-corrected chi connectivity index (χ0v) is 10.3. The van der Waals surface area contributed by atoms with Crippen LogP contribution in [0.3, 0.4) is 0 Å². The third-order valence-electron chi connectivity index (χ3n) is 2.68. The number of ether oxygens (including phenoxy) is 1. The minimum Gasteiger partial charge on any atom is -0.363 e. The van der Waals surface area contributed by atoms with Crippen LogP contribution in [-0.4, -0.2) is 28.8 Å². The Labute approximate surface area is 95.6 Å². The molecule has 0 amide bonds. The van der Waals surface area contributed by atoms with Gasteiger partial charge >= 0.3 is 0 Å². The van der Waals surface area contributed by atoms with Gasteiger partial charge in [-0.2, -0.15) is 4.98 Å². The predicted molar refractivity (Wildman–Crippen MR) is 59.1 cm³/mol. The molecule has 0 bridgehead atoms. The van der Waals surface area contributed by atoms with Gasteiger partial charge in [-0.1, -0.05) is 25.9 Å². The zero-order valence-electron chi connectivity index (χ0n) is 10.3. The Balaban J connectivity index is 1.93. The van der Waals surface area contributed by atoms with Gasteiger partial charge in [0.15, 0.2) is 5.82 Å². The molecule has 1 saturated heterocycles. The lowest BCUT2D eigenvalue weighted by Crippen LogP contribution is -2.58. The van der Waals surface area contributed by atoms with E-state index in [0.29, 0.717) is 12.5 Å². The van der Waals surface area contributed by atoms with Crippen LogP contribution in [0.4, 0.5) is 0 Å². The van der Waals surface area contributed by atoms with E-state index in [-0.39, 0.29) is 11.0 Å². The van der Waals surface area contributed by atoms with E-state index in [2.05, 4.69) is 43.2 Å². The molecule has 0 saturated carbocycles. The zero-order chi connectivity index (χ0) is 11.8. The first-order valence-electron chi connectivity index (χ1n) is 5.57. The fourth-order valence-electron chi connectivity index (χ4n) is 1.43. The number of nitrogens with zero attached hydrogens (tertiary/aromatic N) is 2. The maximum atomic E-state index is 5.72. The molecule has 1 N–H and O–H groups in total. The number of hydrogen-bond acceptors (Lipinski definition) is 5. The Kier molecular flexibility index (Phi) is 2.75. The van der Waals surface area contributed by atoms with Crippen LogP contribution >= 0.6 is 0 Å². The molecule has 0 aromatic carbocycles. The highest BCUT2D eigenvalue weighted by Crippen LogP contribution is 2.20. The SMILES string of the molecule is CC1(OCc2nc(C(C)(C)C)no2)CNC1. The number of rotatable bonds is 3. The molecule has 2 heterocycles. The van der Waals surface area contributed by atoms with E-state index in [4.69, 9.17) is 9.26 Å². The maximum absolute atomic E-state index is 5.72. The molecule has 5 heteroatoms. The summed E-state index contributed by atoms with van der Waals surface area (Å²) < 4.78 is 10.9. The van der Waals surface area contributed by atoms with Crippen LogP contribution in [0.1, 0.15) is 39.4 Å². The summed E-state index contributed by atoms with van der Waals surface area (Å²) in [5.41, 5.74) is -0.153. The topological polar surface area (TPSA) is 60.2 Å². The van der Waals surface area contributed by atoms with Crippen LogP contribution in [0, 0.1) is 0 Å². The number of nitrogens with one attached hydrogen (secondary N) is 1. The number of hydrogen-bond donors (Lipinski definition) is 1. The van der Waals surface area contributed by atoms with E-state index in [1.165, 1.54) is 0 Å². The van der Waals surface area contributed by atoms with Crippen molar-refractivity contribution in [3.63, 3.8) is 0 Å². The van der Waals surface area contributed by atoms with Crippen molar-refractivity contribution < 1.29 is 9.26 Å². The molecule has 2 rings (SSSR count). The standard InChI is InChI=1S/C11H19N3O2/c1-10(2,3)9-13-8(16-14-9)5-15-11(4)6-12-7-11/h12H,5-7H2,1-4H3. The van der Waals surface area contributed by atoms with Crippen molar-refractivity contribution in [2.45, 2.75) is 45.3 Å². The van der Waals surface area contributed by atoms with Gasteiger partial charge in [0.1, 0.15) is 6.61 Å². The fourth-order valence-corrected chi connectivity index (χ4v) is 1.43. The van der Waals surface area contributed by atoms with E-state index in [0.717, 1.165) is 18.9 Å². The predicted octanol–water partition coefficient (Wildman–Crippen LogP) is 1.25. The summed E-state index contributed by atoms with van der Waals surface area (Å²) in [6, 6.07) is 0. The molecule has 1 aromatic heterocycles. The van der Waals surface area contributed by atoms with Crippen molar-refractivity contribution in [1.29, 1.82) is 0 Å². The summed E-state index contributed by atoms with van der Waals surface area (Å²) in [7, 11) is 0. The van der Waals surface area contributed by atoms with Crippen LogP contribution in [-0.2, 0) is 16.8 Å². The van der Waals surface area contributed by atoms with Crippen LogP contribution < -0.4 is 5.32 Å². The molecule has 1 aliphatic heterocycles. The van der Waals surface area contributed by atoms with Gasteiger partial charge in [0, 0.05) is 18.5 Å². The van der Waals surface area contributed by atoms with Crippen molar-refractivity contribution in [1.82, 2.24) is 15.5 Å². The molecule has 0 atom stereocenters. The lowest BCUT2D eigenvalue weighted by atomic mass is 9.96. The van der Waals surface area contributed by atoms with Crippen molar-refractivity contribution in [3.8, 4) is 0 Å². The lowest BCUT2D eigenvalue weighted by molar-refractivity contribution is -0.0841. The maximum Gasteiger partial charge on any atom is 0.252 e. The van der Waals surface area contributed by atoms with Gasteiger partial charge in [-0.3, -0.25) is 0 Å². The Bertz CT molecular complexity index is 364. The second-order valence-electron chi connectivity index (χ2n) is 5.60. The van der Waals surface area contributed by atoms with Crippen molar-refractivity contribution in [2.24, 2.45) is 0 Å². The Morgan fingerprint density at radius 2 is 2.12 bits per heavy atom. The van der Waals surface area contributed by atoms with Crippen molar-refractivity contribution >= 4 is 0 Å². The van der Waals surface area contributed by atoms with E-state index in [9.17, 15) is 0 Å². The smallest absolute Gasteiger partial charge is 0.252 e. The van der Waals surface area contributed by atoms with Gasteiger partial charge in [-0.15, -0.1) is 0 Å². The monoisotopic (exact) mass is 225 g/mol. The minimum absolute atomic E-state index is 0.0730. The molecule has 1 aromatic rings. The van der Waals surface area contributed by atoms with Gasteiger partial charge in [0.2, 0.25) is 0 Å². The molecule has 0 spiro atoms. The van der Waals surface area contributed by atoms with E-state index in [1.54, 1.807) is 0 Å². The average Bonchev–Trinajstić information content (AvgIpc) is 2.59. The van der Waals surface area contributed by atoms with Crippen LogP contribution in [0.15, 0.2) is 4.52 Å². The first-order chi connectivity index (χ1) is 7.39.